The number of aromatic nitrogens is 4. The van der Waals surface area contributed by atoms with Crippen LogP contribution in [-0.2, 0) is 4.74 Å². The fourth-order valence-electron chi connectivity index (χ4n) is 5.08. The van der Waals surface area contributed by atoms with Crippen LogP contribution in [0.2, 0.25) is 0 Å². The fraction of sp³-hybridized carbons (Fsp3) is 0.600. The van der Waals surface area contributed by atoms with E-state index in [2.05, 4.69) is 15.6 Å². The van der Waals surface area contributed by atoms with Crippen LogP contribution >= 0.6 is 11.3 Å². The van der Waals surface area contributed by atoms with Crippen molar-refractivity contribution in [2.24, 2.45) is 11.3 Å². The second kappa shape index (κ2) is 9.46. The van der Waals surface area contributed by atoms with Crippen LogP contribution in [-0.4, -0.2) is 79.4 Å². The summed E-state index contributed by atoms with van der Waals surface area (Å²) in [7, 11) is 1.72. The molecule has 3 aromatic heterocycles. The molecule has 0 aromatic carbocycles. The Morgan fingerprint density at radius 1 is 1.19 bits per heavy atom. The van der Waals surface area contributed by atoms with Gasteiger partial charge in [0, 0.05) is 31.2 Å². The molecular formula is C25H34N6O4S. The van der Waals surface area contributed by atoms with Gasteiger partial charge in [-0.25, -0.2) is 9.97 Å². The van der Waals surface area contributed by atoms with Gasteiger partial charge >= 0.3 is 0 Å². The van der Waals surface area contributed by atoms with E-state index < -0.39 is 29.8 Å². The molecule has 0 bridgehead atoms. The molecule has 0 saturated heterocycles. The van der Waals surface area contributed by atoms with Crippen LogP contribution in [0.15, 0.2) is 18.5 Å². The van der Waals surface area contributed by atoms with Crippen LogP contribution in [0.5, 0.6) is 0 Å². The molecule has 10 nitrogen and oxygen atoms in total. The molecule has 2 fully saturated rings. The van der Waals surface area contributed by atoms with Gasteiger partial charge in [0.05, 0.1) is 46.5 Å². The van der Waals surface area contributed by atoms with E-state index in [1.807, 2.05) is 13.0 Å². The van der Waals surface area contributed by atoms with Gasteiger partial charge in [-0.15, -0.1) is 11.3 Å². The first kappa shape index (κ1) is 25.2. The number of aliphatic hydroxyl groups is 3. The van der Waals surface area contributed by atoms with E-state index in [1.165, 1.54) is 11.3 Å². The summed E-state index contributed by atoms with van der Waals surface area (Å²) in [6.07, 6.45) is 3.93. The number of aryl methyl sites for hydroxylation is 1. The molecule has 0 radical (unpaired) electrons. The topological polar surface area (TPSA) is 146 Å². The lowest BCUT2D eigenvalue weighted by atomic mass is 9.88. The number of pyridine rings is 1. The van der Waals surface area contributed by atoms with E-state index in [0.717, 1.165) is 39.3 Å². The third-order valence-corrected chi connectivity index (χ3v) is 8.49. The van der Waals surface area contributed by atoms with Crippen LogP contribution in [0.25, 0.3) is 20.8 Å². The zero-order valence-corrected chi connectivity index (χ0v) is 21.8. The van der Waals surface area contributed by atoms with Crippen LogP contribution in [0.4, 0.5) is 11.8 Å². The molecule has 0 amide bonds. The Morgan fingerprint density at radius 2 is 1.97 bits per heavy atom. The average molecular weight is 515 g/mol. The van der Waals surface area contributed by atoms with Crippen molar-refractivity contribution in [2.45, 2.75) is 63.9 Å². The molecule has 3 aromatic rings. The highest BCUT2D eigenvalue weighted by molar-refractivity contribution is 7.21. The minimum atomic E-state index is -1.13. The highest BCUT2D eigenvalue weighted by Gasteiger charge is 2.48. The van der Waals surface area contributed by atoms with Crippen molar-refractivity contribution in [1.82, 2.24) is 19.9 Å². The molecule has 36 heavy (non-hydrogen) atoms. The van der Waals surface area contributed by atoms with Crippen molar-refractivity contribution in [1.29, 1.82) is 0 Å². The van der Waals surface area contributed by atoms with Crippen LogP contribution in [0.3, 0.4) is 0 Å². The summed E-state index contributed by atoms with van der Waals surface area (Å²) in [6, 6.07) is 1.42. The maximum Gasteiger partial charge on any atom is 0.224 e. The summed E-state index contributed by atoms with van der Waals surface area (Å²) in [5.41, 5.74) is 1.26. The van der Waals surface area contributed by atoms with Crippen LogP contribution < -0.4 is 10.6 Å². The number of aliphatic hydroxyl groups excluding tert-OH is 2. The molecule has 194 valence electrons. The van der Waals surface area contributed by atoms with E-state index in [1.54, 1.807) is 33.4 Å². The van der Waals surface area contributed by atoms with E-state index in [-0.39, 0.29) is 5.41 Å². The zero-order chi connectivity index (χ0) is 25.7. The summed E-state index contributed by atoms with van der Waals surface area (Å²) in [5, 5.41) is 39.5. The van der Waals surface area contributed by atoms with Gasteiger partial charge in [-0.1, -0.05) is 0 Å². The van der Waals surface area contributed by atoms with E-state index in [0.29, 0.717) is 31.3 Å². The molecule has 2 aliphatic rings. The summed E-state index contributed by atoms with van der Waals surface area (Å²) < 4.78 is 6.38. The van der Waals surface area contributed by atoms with Crippen molar-refractivity contribution in [2.75, 3.05) is 30.9 Å². The number of hydrogen-bond donors (Lipinski definition) is 5. The van der Waals surface area contributed by atoms with Gasteiger partial charge in [0.15, 0.2) is 0 Å². The molecule has 2 aliphatic carbocycles. The second-order valence-electron chi connectivity index (χ2n) is 10.7. The number of rotatable bonds is 9. The second-order valence-corrected chi connectivity index (χ2v) is 11.8. The number of nitrogens with one attached hydrogen (secondary N) is 2. The summed E-state index contributed by atoms with van der Waals surface area (Å²) >= 11 is 1.52. The Labute approximate surface area is 214 Å². The molecule has 4 atom stereocenters. The number of fused-ring (bicyclic) bond motifs is 1. The third-order valence-electron chi connectivity index (χ3n) is 7.43. The maximum absolute atomic E-state index is 10.8. The Balaban J connectivity index is 1.49. The Hall–Kier alpha value is -2.44. The summed E-state index contributed by atoms with van der Waals surface area (Å²) in [6.45, 7) is 6.62. The Bertz CT molecular complexity index is 1210. The first-order valence-electron chi connectivity index (χ1n) is 12.3. The van der Waals surface area contributed by atoms with Crippen molar-refractivity contribution >= 4 is 33.3 Å². The number of hydrogen-bond acceptors (Lipinski definition) is 11. The predicted octanol–water partition coefficient (Wildman–Crippen LogP) is 2.59. The molecule has 5 N–H and O–H groups in total. The first-order chi connectivity index (χ1) is 17.1. The smallest absolute Gasteiger partial charge is 0.224 e. The van der Waals surface area contributed by atoms with Gasteiger partial charge in [-0.2, -0.15) is 4.98 Å². The highest BCUT2D eigenvalue weighted by atomic mass is 32.1. The van der Waals surface area contributed by atoms with Crippen molar-refractivity contribution in [3.63, 3.8) is 0 Å². The highest BCUT2D eigenvalue weighted by Crippen LogP contribution is 2.46. The minimum Gasteiger partial charge on any atom is -0.390 e. The molecule has 5 rings (SSSR count). The summed E-state index contributed by atoms with van der Waals surface area (Å²) in [5.74, 6) is 0.531. The minimum absolute atomic E-state index is 0.115. The van der Waals surface area contributed by atoms with Crippen LogP contribution in [0.1, 0.15) is 38.8 Å². The molecule has 11 heteroatoms. The van der Waals surface area contributed by atoms with E-state index in [4.69, 9.17) is 19.7 Å². The molecule has 0 aliphatic heterocycles. The Morgan fingerprint density at radius 3 is 2.61 bits per heavy atom. The number of thiazole rings is 1. The molecule has 0 unspecified atom stereocenters. The maximum atomic E-state index is 10.8. The fourth-order valence-corrected chi connectivity index (χ4v) is 6.11. The average Bonchev–Trinajstić information content (AvgIpc) is 3.35. The first-order valence-corrected chi connectivity index (χ1v) is 13.1. The van der Waals surface area contributed by atoms with Gasteiger partial charge < -0.3 is 30.7 Å². The molecule has 0 spiro atoms. The number of ether oxygens (including phenoxy) is 1. The standard InChI is InChI=1S/C25H34N6O4S/c1-13-18(22-30-16-10-26-8-5-17(16)36-22)21(29-15-9-14(24(2,3)34)19(32)20(15)33)31-23(28-13)27-11-25(6-7-25)12-35-4/h5,8,10,14-15,19-20,32-34H,6-7,9,11-12H2,1-4H3,(H2,27,28,29,31)/t14-,15+,19+,20-/m0/s1. The van der Waals surface area contributed by atoms with Crippen molar-refractivity contribution in [3.8, 4) is 10.6 Å². The number of methoxy groups -OCH3 is 1. The lowest BCUT2D eigenvalue weighted by Gasteiger charge is -2.28. The van der Waals surface area contributed by atoms with Crippen molar-refractivity contribution in [3.05, 3.63) is 24.2 Å². The van der Waals surface area contributed by atoms with E-state index >= 15 is 0 Å². The normalized spacial score (nSPS) is 25.3. The summed E-state index contributed by atoms with van der Waals surface area (Å²) in [4.78, 5) is 18.5. The van der Waals surface area contributed by atoms with Gasteiger partial charge in [0.1, 0.15) is 22.4 Å². The van der Waals surface area contributed by atoms with Crippen LogP contribution in [0, 0.1) is 18.3 Å². The van der Waals surface area contributed by atoms with Crippen molar-refractivity contribution < 1.29 is 20.1 Å². The zero-order valence-electron chi connectivity index (χ0n) is 21.0. The SMILES string of the molecule is COCC1(CNc2nc(C)c(-c3nc4cnccc4s3)c(N[C@@H]3C[C@H](C(C)(C)O)[C@@H](O)[C@H]3O)n2)CC1. The predicted molar refractivity (Wildman–Crippen MR) is 139 cm³/mol. The van der Waals surface area contributed by atoms with Gasteiger partial charge in [-0.3, -0.25) is 4.98 Å². The monoisotopic (exact) mass is 514 g/mol. The molecular weight excluding hydrogens is 480 g/mol. The van der Waals surface area contributed by atoms with Gasteiger partial charge in [0.2, 0.25) is 5.95 Å². The van der Waals surface area contributed by atoms with Gasteiger partial charge in [0.25, 0.3) is 0 Å². The van der Waals surface area contributed by atoms with E-state index in [9.17, 15) is 15.3 Å². The Kier molecular flexibility index (Phi) is 6.63. The molecule has 2 saturated carbocycles. The lowest BCUT2D eigenvalue weighted by molar-refractivity contribution is -0.0601. The number of anilines is 2. The van der Waals surface area contributed by atoms with Gasteiger partial charge in [-0.05, 0) is 46.1 Å². The third kappa shape index (κ3) is 4.90. The largest absolute Gasteiger partial charge is 0.390 e. The lowest BCUT2D eigenvalue weighted by Crippen LogP contribution is -2.40. The quantitative estimate of drug-likeness (QED) is 0.289. The number of nitrogens with zero attached hydrogens (tertiary/aromatic N) is 4. The molecule has 3 heterocycles.